The summed E-state index contributed by atoms with van der Waals surface area (Å²) in [7, 11) is -3.34. The van der Waals surface area contributed by atoms with E-state index in [0.29, 0.717) is 5.56 Å². The predicted molar refractivity (Wildman–Crippen MR) is 84.4 cm³/mol. The number of rotatable bonds is 4. The van der Waals surface area contributed by atoms with E-state index >= 15 is 0 Å². The number of nitrogens with zero attached hydrogens (tertiary/aromatic N) is 1. The molecule has 0 fully saturated rings. The Bertz CT molecular complexity index is 786. The Morgan fingerprint density at radius 1 is 1.18 bits per heavy atom. The molecule has 0 bridgehead atoms. The van der Waals surface area contributed by atoms with E-state index in [4.69, 9.17) is 0 Å². The molecule has 1 atom stereocenters. The van der Waals surface area contributed by atoms with E-state index in [2.05, 4.69) is 10.3 Å². The molecule has 0 aliphatic carbocycles. The summed E-state index contributed by atoms with van der Waals surface area (Å²) in [6, 6.07) is 8.02. The molecule has 0 aliphatic rings. The Balaban J connectivity index is 2.26. The molecule has 0 spiro atoms. The maximum Gasteiger partial charge on any atom is 0.252 e. The van der Waals surface area contributed by atoms with Crippen LogP contribution >= 0.6 is 0 Å². The summed E-state index contributed by atoms with van der Waals surface area (Å²) in [6.07, 6.45) is 4.44. The number of nitrogens with one attached hydrogen (secondary N) is 1. The minimum absolute atomic E-state index is 0.139. The number of hydrogen-bond donors (Lipinski definition) is 1. The molecule has 2 aromatic rings. The van der Waals surface area contributed by atoms with Gasteiger partial charge in [-0.3, -0.25) is 9.78 Å². The van der Waals surface area contributed by atoms with Gasteiger partial charge in [0, 0.05) is 24.2 Å². The van der Waals surface area contributed by atoms with Gasteiger partial charge in [0.1, 0.15) is 0 Å². The third-order valence-corrected chi connectivity index (χ3v) is 4.55. The van der Waals surface area contributed by atoms with Gasteiger partial charge in [-0.15, -0.1) is 0 Å². The van der Waals surface area contributed by atoms with Crippen molar-refractivity contribution in [3.8, 4) is 0 Å². The molecular formula is C16H18N2O3S. The third kappa shape index (κ3) is 3.71. The van der Waals surface area contributed by atoms with Crippen molar-refractivity contribution in [1.29, 1.82) is 0 Å². The lowest BCUT2D eigenvalue weighted by molar-refractivity contribution is 0.0939. The van der Waals surface area contributed by atoms with Gasteiger partial charge in [-0.1, -0.05) is 6.07 Å². The van der Waals surface area contributed by atoms with Crippen LogP contribution in [0.1, 0.15) is 34.5 Å². The normalized spacial score (nSPS) is 12.7. The maximum absolute atomic E-state index is 12.4. The Labute approximate surface area is 130 Å². The number of aryl methyl sites for hydroxylation is 1. The van der Waals surface area contributed by atoms with Gasteiger partial charge < -0.3 is 5.32 Å². The van der Waals surface area contributed by atoms with E-state index < -0.39 is 9.84 Å². The third-order valence-electron chi connectivity index (χ3n) is 3.44. The van der Waals surface area contributed by atoms with Gasteiger partial charge in [0.05, 0.1) is 10.9 Å². The van der Waals surface area contributed by atoms with Crippen molar-refractivity contribution < 1.29 is 13.2 Å². The highest BCUT2D eigenvalue weighted by molar-refractivity contribution is 7.90. The number of hydrogen-bond acceptors (Lipinski definition) is 4. The number of carbonyl (C=O) groups is 1. The zero-order valence-electron chi connectivity index (χ0n) is 12.7. The number of benzene rings is 1. The molecule has 1 aromatic carbocycles. The summed E-state index contributed by atoms with van der Waals surface area (Å²) in [6.45, 7) is 3.64. The van der Waals surface area contributed by atoms with Gasteiger partial charge in [-0.2, -0.15) is 0 Å². The molecule has 0 saturated heterocycles. The van der Waals surface area contributed by atoms with E-state index in [9.17, 15) is 13.2 Å². The van der Waals surface area contributed by atoms with E-state index in [1.165, 1.54) is 12.1 Å². The fourth-order valence-electron chi connectivity index (χ4n) is 2.09. The molecule has 2 rings (SSSR count). The second-order valence-electron chi connectivity index (χ2n) is 5.22. The predicted octanol–water partition coefficient (Wildman–Crippen LogP) is 2.28. The molecule has 1 unspecified atom stereocenters. The van der Waals surface area contributed by atoms with Gasteiger partial charge in [0.2, 0.25) is 0 Å². The number of amides is 1. The summed E-state index contributed by atoms with van der Waals surface area (Å²) < 4.78 is 23.2. The molecule has 116 valence electrons. The Morgan fingerprint density at radius 3 is 2.41 bits per heavy atom. The molecule has 0 saturated carbocycles. The first kappa shape index (κ1) is 16.2. The highest BCUT2D eigenvalue weighted by Gasteiger charge is 2.16. The van der Waals surface area contributed by atoms with E-state index in [1.807, 2.05) is 19.1 Å². The van der Waals surface area contributed by atoms with Crippen LogP contribution in [-0.4, -0.2) is 25.6 Å². The molecule has 0 aliphatic heterocycles. The lowest BCUT2D eigenvalue weighted by atomic mass is 10.1. The maximum atomic E-state index is 12.4. The summed E-state index contributed by atoms with van der Waals surface area (Å²) in [5, 5.41) is 2.87. The van der Waals surface area contributed by atoms with E-state index in [-0.39, 0.29) is 16.8 Å². The van der Waals surface area contributed by atoms with Crippen LogP contribution in [0, 0.1) is 6.92 Å². The van der Waals surface area contributed by atoms with Crippen LogP contribution in [-0.2, 0) is 9.84 Å². The molecular weight excluding hydrogens is 300 g/mol. The van der Waals surface area contributed by atoms with Crippen molar-refractivity contribution in [1.82, 2.24) is 10.3 Å². The second kappa shape index (κ2) is 6.27. The largest absolute Gasteiger partial charge is 0.346 e. The second-order valence-corrected chi connectivity index (χ2v) is 7.24. The van der Waals surface area contributed by atoms with Gasteiger partial charge in [-0.25, -0.2) is 8.42 Å². The van der Waals surface area contributed by atoms with Crippen LogP contribution in [0.15, 0.2) is 47.6 Å². The lowest BCUT2D eigenvalue weighted by Gasteiger charge is -2.15. The van der Waals surface area contributed by atoms with Gasteiger partial charge in [-0.05, 0) is 49.2 Å². The van der Waals surface area contributed by atoms with E-state index in [0.717, 1.165) is 17.4 Å². The molecule has 22 heavy (non-hydrogen) atoms. The van der Waals surface area contributed by atoms with Crippen molar-refractivity contribution >= 4 is 15.7 Å². The number of sulfone groups is 1. The van der Waals surface area contributed by atoms with E-state index in [1.54, 1.807) is 25.4 Å². The summed E-state index contributed by atoms with van der Waals surface area (Å²) in [5.74, 6) is -0.299. The van der Waals surface area contributed by atoms with Gasteiger partial charge in [0.15, 0.2) is 9.84 Å². The minimum atomic E-state index is -3.34. The molecule has 1 amide bonds. The fraction of sp³-hybridized carbons (Fsp3) is 0.250. The zero-order chi connectivity index (χ0) is 16.3. The molecule has 5 nitrogen and oxygen atoms in total. The summed E-state index contributed by atoms with van der Waals surface area (Å²) in [5.41, 5.74) is 2.02. The summed E-state index contributed by atoms with van der Waals surface area (Å²) in [4.78, 5) is 16.5. The monoisotopic (exact) mass is 318 g/mol. The number of carbonyl (C=O) groups excluding carboxylic acids is 1. The first-order valence-electron chi connectivity index (χ1n) is 6.80. The van der Waals surface area contributed by atoms with Crippen molar-refractivity contribution in [3.63, 3.8) is 0 Å². The van der Waals surface area contributed by atoms with Crippen molar-refractivity contribution in [2.24, 2.45) is 0 Å². The number of pyridine rings is 1. The number of aromatic nitrogens is 1. The lowest BCUT2D eigenvalue weighted by Crippen LogP contribution is -2.27. The van der Waals surface area contributed by atoms with Crippen LogP contribution in [0.2, 0.25) is 0 Å². The minimum Gasteiger partial charge on any atom is -0.346 e. The summed E-state index contributed by atoms with van der Waals surface area (Å²) >= 11 is 0. The van der Waals surface area contributed by atoms with Gasteiger partial charge in [0.25, 0.3) is 5.91 Å². The zero-order valence-corrected chi connectivity index (χ0v) is 13.5. The molecule has 6 heteroatoms. The van der Waals surface area contributed by atoms with Crippen LogP contribution in [0.4, 0.5) is 0 Å². The average molecular weight is 318 g/mol. The Kier molecular flexibility index (Phi) is 4.61. The van der Waals surface area contributed by atoms with Crippen molar-refractivity contribution in [3.05, 3.63) is 59.4 Å². The fourth-order valence-corrected chi connectivity index (χ4v) is 2.73. The smallest absolute Gasteiger partial charge is 0.252 e. The first-order valence-corrected chi connectivity index (χ1v) is 8.69. The van der Waals surface area contributed by atoms with Crippen LogP contribution in [0.3, 0.4) is 0 Å². The van der Waals surface area contributed by atoms with Crippen LogP contribution < -0.4 is 5.32 Å². The first-order chi connectivity index (χ1) is 10.3. The Hall–Kier alpha value is -2.21. The molecule has 1 aromatic heterocycles. The SMILES string of the molecule is Cc1ccc(S(C)(=O)=O)cc1C(=O)NC(C)c1ccncc1. The van der Waals surface area contributed by atoms with Crippen molar-refractivity contribution in [2.45, 2.75) is 24.8 Å². The molecule has 1 N–H and O–H groups in total. The standard InChI is InChI=1S/C16H18N2O3S/c1-11-4-5-14(22(3,20)21)10-15(11)16(19)18-12(2)13-6-8-17-9-7-13/h4-10,12H,1-3H3,(H,18,19). The molecule has 0 radical (unpaired) electrons. The molecule has 1 heterocycles. The highest BCUT2D eigenvalue weighted by Crippen LogP contribution is 2.17. The van der Waals surface area contributed by atoms with Crippen molar-refractivity contribution in [2.75, 3.05) is 6.26 Å². The highest BCUT2D eigenvalue weighted by atomic mass is 32.2. The Morgan fingerprint density at radius 2 is 1.82 bits per heavy atom. The topological polar surface area (TPSA) is 76.1 Å². The average Bonchev–Trinajstić information content (AvgIpc) is 2.47. The van der Waals surface area contributed by atoms with Gasteiger partial charge >= 0.3 is 0 Å². The quantitative estimate of drug-likeness (QED) is 0.938. The van der Waals surface area contributed by atoms with Crippen LogP contribution in [0.5, 0.6) is 0 Å². The van der Waals surface area contributed by atoms with Crippen LogP contribution in [0.25, 0.3) is 0 Å².